The summed E-state index contributed by atoms with van der Waals surface area (Å²) in [6.07, 6.45) is 9.07. The molecule has 1 atom stereocenters. The summed E-state index contributed by atoms with van der Waals surface area (Å²) in [5, 5.41) is 24.3. The zero-order chi connectivity index (χ0) is 33.5. The number of pyridine rings is 1. The molecule has 0 saturated carbocycles. The van der Waals surface area contributed by atoms with Crippen LogP contribution in [0.25, 0.3) is 33.4 Å². The molecule has 1 aliphatic carbocycles. The van der Waals surface area contributed by atoms with Gasteiger partial charge in [0.2, 0.25) is 0 Å². The van der Waals surface area contributed by atoms with Gasteiger partial charge in [-0.1, -0.05) is 36.4 Å². The van der Waals surface area contributed by atoms with E-state index in [1.54, 1.807) is 12.4 Å². The van der Waals surface area contributed by atoms with Gasteiger partial charge in [-0.05, 0) is 80.4 Å². The third-order valence-corrected chi connectivity index (χ3v) is 10.3. The van der Waals surface area contributed by atoms with Crippen LogP contribution in [0.4, 0.5) is 11.4 Å². The Labute approximate surface area is 284 Å². The Kier molecular flexibility index (Phi) is 8.11. The summed E-state index contributed by atoms with van der Waals surface area (Å²) in [7, 11) is 0. The third kappa shape index (κ3) is 5.53. The average Bonchev–Trinajstić information content (AvgIpc) is 3.56. The van der Waals surface area contributed by atoms with Crippen LogP contribution in [0, 0.1) is 10.1 Å². The first-order chi connectivity index (χ1) is 23.9. The fourth-order valence-electron chi connectivity index (χ4n) is 7.59. The van der Waals surface area contributed by atoms with Crippen molar-refractivity contribution in [2.45, 2.75) is 25.4 Å². The van der Waals surface area contributed by atoms with Gasteiger partial charge in [-0.2, -0.15) is 0 Å². The number of nitro groups is 1. The van der Waals surface area contributed by atoms with Gasteiger partial charge < -0.3 is 20.4 Å². The zero-order valence-electron chi connectivity index (χ0n) is 27.6. The van der Waals surface area contributed by atoms with Crippen LogP contribution < -0.4 is 21.4 Å². The Hall–Kier alpha value is -5.10. The summed E-state index contributed by atoms with van der Waals surface area (Å²) in [6.45, 7) is 9.09. The van der Waals surface area contributed by atoms with Crippen LogP contribution in [-0.4, -0.2) is 82.1 Å². The molecule has 49 heavy (non-hydrogen) atoms. The molecule has 0 amide bonds. The van der Waals surface area contributed by atoms with E-state index in [4.69, 9.17) is 0 Å². The van der Waals surface area contributed by atoms with E-state index in [9.17, 15) is 14.9 Å². The lowest BCUT2D eigenvalue weighted by Gasteiger charge is -2.36. The molecule has 0 spiro atoms. The van der Waals surface area contributed by atoms with Crippen molar-refractivity contribution >= 4 is 44.8 Å². The molecule has 3 N–H and O–H groups in total. The van der Waals surface area contributed by atoms with Crippen LogP contribution in [0.5, 0.6) is 0 Å². The van der Waals surface area contributed by atoms with Crippen molar-refractivity contribution in [3.63, 3.8) is 0 Å². The van der Waals surface area contributed by atoms with Crippen molar-refractivity contribution in [1.29, 1.82) is 0 Å². The molecule has 5 aromatic rings. The second-order valence-corrected chi connectivity index (χ2v) is 13.2. The fourth-order valence-corrected chi connectivity index (χ4v) is 7.59. The highest BCUT2D eigenvalue weighted by molar-refractivity contribution is 6.06. The molecule has 1 saturated heterocycles. The number of allylic oxidation sites excluding steroid dienone is 2. The molecule has 0 radical (unpaired) electrons. The van der Waals surface area contributed by atoms with Gasteiger partial charge in [0.25, 0.3) is 0 Å². The van der Waals surface area contributed by atoms with Crippen LogP contribution in [0.1, 0.15) is 25.3 Å². The number of nitrogens with one attached hydrogen (secondary N) is 3. The Balaban J connectivity index is 0.821. The van der Waals surface area contributed by atoms with E-state index < -0.39 is 5.66 Å². The van der Waals surface area contributed by atoms with Gasteiger partial charge >= 0.3 is 5.66 Å². The van der Waals surface area contributed by atoms with Crippen LogP contribution >= 0.6 is 0 Å². The topological polar surface area (TPSA) is 120 Å². The lowest BCUT2D eigenvalue weighted by molar-refractivity contribution is -0.550. The second-order valence-electron chi connectivity index (χ2n) is 13.2. The Bertz CT molecular complexity index is 2210. The van der Waals surface area contributed by atoms with Gasteiger partial charge in [0.15, 0.2) is 5.43 Å². The SMILES string of the molecule is CC1=C2Nc3ccccc3C=C2C(NCCCN2CCN(CCCNc3ccc4ncn5c6ccccc6c(=O)c3c45)CC2)([N+](=O)[O-])C=C1. The lowest BCUT2D eigenvalue weighted by atomic mass is 9.84. The van der Waals surface area contributed by atoms with Crippen molar-refractivity contribution in [3.8, 4) is 0 Å². The number of anilines is 2. The van der Waals surface area contributed by atoms with E-state index in [0.717, 1.165) is 103 Å². The number of hydrogen-bond donors (Lipinski definition) is 3. The summed E-state index contributed by atoms with van der Waals surface area (Å²) in [6, 6.07) is 19.6. The normalized spacial score (nSPS) is 19.7. The molecule has 11 nitrogen and oxygen atoms in total. The summed E-state index contributed by atoms with van der Waals surface area (Å²) >= 11 is 0. The van der Waals surface area contributed by atoms with Crippen molar-refractivity contribution in [2.75, 3.05) is 63.0 Å². The maximum absolute atomic E-state index is 13.5. The zero-order valence-corrected chi connectivity index (χ0v) is 27.6. The molecule has 3 aromatic carbocycles. The van der Waals surface area contributed by atoms with Crippen LogP contribution in [-0.2, 0) is 0 Å². The minimum Gasteiger partial charge on any atom is -0.384 e. The molecule has 2 aromatic heterocycles. The van der Waals surface area contributed by atoms with Crippen LogP contribution in [0.2, 0.25) is 0 Å². The van der Waals surface area contributed by atoms with E-state index in [2.05, 4.69) is 30.7 Å². The molecular formula is C38H40N8O3. The summed E-state index contributed by atoms with van der Waals surface area (Å²) in [5.41, 5.74) is 6.36. The third-order valence-electron chi connectivity index (χ3n) is 10.3. The largest absolute Gasteiger partial charge is 0.384 e. The predicted octanol–water partition coefficient (Wildman–Crippen LogP) is 5.16. The minimum atomic E-state index is -1.47. The number of imidazole rings is 1. The summed E-state index contributed by atoms with van der Waals surface area (Å²) < 4.78 is 2.02. The molecular weight excluding hydrogens is 616 g/mol. The van der Waals surface area contributed by atoms with Gasteiger partial charge in [0.05, 0.1) is 38.1 Å². The van der Waals surface area contributed by atoms with Crippen molar-refractivity contribution in [1.82, 2.24) is 24.5 Å². The van der Waals surface area contributed by atoms with E-state index in [-0.39, 0.29) is 10.4 Å². The highest BCUT2D eigenvalue weighted by Crippen LogP contribution is 2.40. The molecule has 0 bridgehead atoms. The molecule has 8 rings (SSSR count). The first-order valence-corrected chi connectivity index (χ1v) is 17.1. The highest BCUT2D eigenvalue weighted by Gasteiger charge is 2.48. The van der Waals surface area contributed by atoms with Crippen molar-refractivity contribution in [3.05, 3.63) is 122 Å². The fraction of sp³-hybridized carbons (Fsp3) is 0.316. The standard InChI is InChI=1S/C38H40N8O3/c1-26-14-15-38(46(48)49,29-24-27-8-2-4-10-30(27)42-35(26)29)41-17-7-19-44-22-20-43(21-23-44)18-6-16-39-31-12-13-32-36-34(31)37(47)28-9-3-5-11-33(28)45(36)25-40-32/h2-5,8-15,24-25,39,41-42H,6-7,16-23H2,1H3. The van der Waals surface area contributed by atoms with Gasteiger partial charge in [-0.3, -0.25) is 19.3 Å². The second kappa shape index (κ2) is 12.7. The predicted molar refractivity (Wildman–Crippen MR) is 196 cm³/mol. The molecule has 11 heteroatoms. The van der Waals surface area contributed by atoms with Crippen LogP contribution in [0.3, 0.4) is 0 Å². The van der Waals surface area contributed by atoms with Gasteiger partial charge in [-0.15, -0.1) is 0 Å². The van der Waals surface area contributed by atoms with Crippen LogP contribution in [0.15, 0.2) is 101 Å². The number of fused-ring (bicyclic) bond motifs is 4. The van der Waals surface area contributed by atoms with Gasteiger partial charge in [0.1, 0.15) is 6.33 Å². The smallest absolute Gasteiger partial charge is 0.322 e. The van der Waals surface area contributed by atoms with E-state index in [1.807, 2.05) is 84.1 Å². The minimum absolute atomic E-state index is 0.0392. The lowest BCUT2D eigenvalue weighted by Crippen LogP contribution is -2.55. The maximum Gasteiger partial charge on any atom is 0.322 e. The maximum atomic E-state index is 13.5. The van der Waals surface area contributed by atoms with Gasteiger partial charge in [0, 0.05) is 62.1 Å². The van der Waals surface area contributed by atoms with E-state index >= 15 is 0 Å². The number of hydrogen-bond acceptors (Lipinski definition) is 9. The van der Waals surface area contributed by atoms with Gasteiger partial charge in [-0.25, -0.2) is 10.3 Å². The number of piperazine rings is 1. The molecule has 1 fully saturated rings. The average molecular weight is 657 g/mol. The van der Waals surface area contributed by atoms with E-state index in [0.29, 0.717) is 22.9 Å². The molecule has 3 aliphatic rings. The summed E-state index contributed by atoms with van der Waals surface area (Å²) in [5.74, 6) is 0. The summed E-state index contributed by atoms with van der Waals surface area (Å²) in [4.78, 5) is 35.4. The Morgan fingerprint density at radius 1 is 0.959 bits per heavy atom. The number of nitrogens with zero attached hydrogens (tertiary/aromatic N) is 5. The molecule has 1 unspecified atom stereocenters. The Morgan fingerprint density at radius 2 is 1.69 bits per heavy atom. The number of para-hydroxylation sites is 2. The molecule has 2 aliphatic heterocycles. The first-order valence-electron chi connectivity index (χ1n) is 17.1. The van der Waals surface area contributed by atoms with E-state index in [1.165, 1.54) is 0 Å². The number of rotatable bonds is 11. The monoisotopic (exact) mass is 656 g/mol. The quantitative estimate of drug-likeness (QED) is 0.0582. The van der Waals surface area contributed by atoms with Crippen molar-refractivity contribution in [2.24, 2.45) is 0 Å². The Morgan fingerprint density at radius 3 is 2.49 bits per heavy atom. The molecule has 4 heterocycles. The number of benzene rings is 3. The highest BCUT2D eigenvalue weighted by atomic mass is 16.6. The van der Waals surface area contributed by atoms with Crippen molar-refractivity contribution < 1.29 is 4.92 Å². The number of aromatic nitrogens is 2. The first kappa shape index (κ1) is 31.2. The molecule has 250 valence electrons.